The van der Waals surface area contributed by atoms with Gasteiger partial charge in [-0.1, -0.05) is 72.3 Å². The molecule has 0 bridgehead atoms. The number of aryl methyl sites for hydroxylation is 1. The molecule has 32 heavy (non-hydrogen) atoms. The standard InChI is InChI=1S/C27H29N3O2/c1-20-12-14-22(15-13-20)26-17-25(23-10-7-11-24(16-23)32-3)28-30(26)27(31)19-29(2)18-21-8-5-4-6-9-21/h4-16,26H,17-19H2,1-3H3/t26-/m1/s1. The number of hydrogen-bond acceptors (Lipinski definition) is 4. The van der Waals surface area contributed by atoms with Gasteiger partial charge in [-0.25, -0.2) is 5.01 Å². The Hall–Kier alpha value is -3.44. The molecule has 0 spiro atoms. The van der Waals surface area contributed by atoms with Crippen LogP contribution in [0.3, 0.4) is 0 Å². The molecule has 5 heteroatoms. The van der Waals surface area contributed by atoms with Gasteiger partial charge in [0.2, 0.25) is 0 Å². The van der Waals surface area contributed by atoms with Gasteiger partial charge in [-0.3, -0.25) is 9.69 Å². The van der Waals surface area contributed by atoms with Crippen molar-refractivity contribution in [3.63, 3.8) is 0 Å². The summed E-state index contributed by atoms with van der Waals surface area (Å²) in [5, 5.41) is 6.46. The first kappa shape index (κ1) is 21.8. The number of hydrogen-bond donors (Lipinski definition) is 0. The molecular formula is C27H29N3O2. The molecule has 5 nitrogen and oxygen atoms in total. The maximum atomic E-state index is 13.3. The Labute approximate surface area is 189 Å². The third-order valence-corrected chi connectivity index (χ3v) is 5.73. The molecule has 1 atom stereocenters. The summed E-state index contributed by atoms with van der Waals surface area (Å²) in [6.45, 7) is 3.08. The molecule has 0 saturated heterocycles. The van der Waals surface area contributed by atoms with E-state index < -0.39 is 0 Å². The fraction of sp³-hybridized carbons (Fsp3) is 0.259. The first-order chi connectivity index (χ1) is 15.5. The summed E-state index contributed by atoms with van der Waals surface area (Å²) in [5.41, 5.74) is 5.35. The molecule has 0 saturated carbocycles. The van der Waals surface area contributed by atoms with Crippen LogP contribution < -0.4 is 4.74 Å². The number of nitrogens with zero attached hydrogens (tertiary/aromatic N) is 3. The summed E-state index contributed by atoms with van der Waals surface area (Å²) in [5.74, 6) is 0.774. The van der Waals surface area contributed by atoms with Crippen LogP contribution in [0.25, 0.3) is 0 Å². The van der Waals surface area contributed by atoms with Crippen molar-refractivity contribution in [1.82, 2.24) is 9.91 Å². The second-order valence-electron chi connectivity index (χ2n) is 8.31. The van der Waals surface area contributed by atoms with Gasteiger partial charge in [0.25, 0.3) is 5.91 Å². The Morgan fingerprint density at radius 1 is 1.06 bits per heavy atom. The van der Waals surface area contributed by atoms with Gasteiger partial charge in [0.1, 0.15) is 5.75 Å². The minimum Gasteiger partial charge on any atom is -0.497 e. The van der Waals surface area contributed by atoms with Gasteiger partial charge in [-0.05, 0) is 37.2 Å². The second kappa shape index (κ2) is 9.79. The third kappa shape index (κ3) is 5.06. The highest BCUT2D eigenvalue weighted by atomic mass is 16.5. The largest absolute Gasteiger partial charge is 0.497 e. The van der Waals surface area contributed by atoms with Crippen molar-refractivity contribution in [2.45, 2.75) is 25.9 Å². The maximum Gasteiger partial charge on any atom is 0.257 e. The Kier molecular flexibility index (Phi) is 6.66. The first-order valence-electron chi connectivity index (χ1n) is 10.9. The number of carbonyl (C=O) groups is 1. The third-order valence-electron chi connectivity index (χ3n) is 5.73. The lowest BCUT2D eigenvalue weighted by Gasteiger charge is -2.25. The number of benzene rings is 3. The van der Waals surface area contributed by atoms with Gasteiger partial charge in [0.15, 0.2) is 0 Å². The van der Waals surface area contributed by atoms with Crippen LogP contribution in [0.4, 0.5) is 0 Å². The molecule has 0 fully saturated rings. The normalized spacial score (nSPS) is 15.7. The quantitative estimate of drug-likeness (QED) is 0.543. The van der Waals surface area contributed by atoms with Crippen molar-refractivity contribution in [1.29, 1.82) is 0 Å². The van der Waals surface area contributed by atoms with E-state index in [1.54, 1.807) is 12.1 Å². The van der Waals surface area contributed by atoms with Crippen molar-refractivity contribution in [2.75, 3.05) is 20.7 Å². The van der Waals surface area contributed by atoms with Crippen LogP contribution in [0.2, 0.25) is 0 Å². The number of methoxy groups -OCH3 is 1. The van der Waals surface area contributed by atoms with Gasteiger partial charge in [0, 0.05) is 18.5 Å². The van der Waals surface area contributed by atoms with Gasteiger partial charge in [0.05, 0.1) is 25.4 Å². The Bertz CT molecular complexity index is 1090. The van der Waals surface area contributed by atoms with E-state index in [0.29, 0.717) is 19.5 Å². The van der Waals surface area contributed by atoms with Gasteiger partial charge < -0.3 is 4.74 Å². The number of carbonyl (C=O) groups excluding carboxylic acids is 1. The molecule has 3 aromatic carbocycles. The zero-order valence-corrected chi connectivity index (χ0v) is 18.9. The smallest absolute Gasteiger partial charge is 0.257 e. The average Bonchev–Trinajstić information content (AvgIpc) is 3.26. The van der Waals surface area contributed by atoms with Gasteiger partial charge in [-0.2, -0.15) is 5.10 Å². The molecule has 1 amide bonds. The van der Waals surface area contributed by atoms with Crippen molar-refractivity contribution in [3.8, 4) is 5.75 Å². The Morgan fingerprint density at radius 3 is 2.53 bits per heavy atom. The summed E-state index contributed by atoms with van der Waals surface area (Å²) in [4.78, 5) is 15.4. The lowest BCUT2D eigenvalue weighted by molar-refractivity contribution is -0.134. The number of hydrazone groups is 1. The fourth-order valence-corrected chi connectivity index (χ4v) is 4.02. The molecule has 0 aromatic heterocycles. The van der Waals surface area contributed by atoms with Crippen molar-refractivity contribution < 1.29 is 9.53 Å². The lowest BCUT2D eigenvalue weighted by atomic mass is 9.97. The summed E-state index contributed by atoms with van der Waals surface area (Å²) >= 11 is 0. The average molecular weight is 428 g/mol. The highest BCUT2D eigenvalue weighted by molar-refractivity contribution is 6.03. The van der Waals surface area contributed by atoms with Crippen LogP contribution in [0.5, 0.6) is 5.75 Å². The van der Waals surface area contributed by atoms with E-state index in [1.807, 2.05) is 54.4 Å². The first-order valence-corrected chi connectivity index (χ1v) is 10.9. The van der Waals surface area contributed by atoms with E-state index in [1.165, 1.54) is 11.1 Å². The molecule has 4 rings (SSSR count). The minimum atomic E-state index is -0.116. The Balaban J connectivity index is 1.57. The van der Waals surface area contributed by atoms with Crippen LogP contribution in [0.1, 0.15) is 34.7 Å². The highest BCUT2D eigenvalue weighted by Crippen LogP contribution is 2.33. The molecule has 1 aliphatic rings. The zero-order chi connectivity index (χ0) is 22.5. The highest BCUT2D eigenvalue weighted by Gasteiger charge is 2.33. The van der Waals surface area contributed by atoms with E-state index in [4.69, 9.17) is 9.84 Å². The summed E-state index contributed by atoms with van der Waals surface area (Å²) in [6, 6.07) is 26.3. The van der Waals surface area contributed by atoms with Gasteiger partial charge in [-0.15, -0.1) is 0 Å². The lowest BCUT2D eigenvalue weighted by Crippen LogP contribution is -2.36. The predicted molar refractivity (Wildman–Crippen MR) is 128 cm³/mol. The predicted octanol–water partition coefficient (Wildman–Crippen LogP) is 4.81. The van der Waals surface area contributed by atoms with Crippen LogP contribution in [-0.4, -0.2) is 42.2 Å². The van der Waals surface area contributed by atoms with Crippen LogP contribution in [0.15, 0.2) is 84.0 Å². The summed E-state index contributed by atoms with van der Waals surface area (Å²) < 4.78 is 5.38. The van der Waals surface area contributed by atoms with E-state index >= 15 is 0 Å². The molecule has 0 radical (unpaired) electrons. The SMILES string of the molecule is COc1cccc(C2=NN(C(=O)CN(C)Cc3ccccc3)[C@@H](c3ccc(C)cc3)C2)c1. The molecule has 3 aromatic rings. The van der Waals surface area contributed by atoms with E-state index in [9.17, 15) is 4.79 Å². The molecule has 164 valence electrons. The van der Waals surface area contributed by atoms with E-state index in [-0.39, 0.29) is 11.9 Å². The Morgan fingerprint density at radius 2 is 1.81 bits per heavy atom. The van der Waals surface area contributed by atoms with Crippen molar-refractivity contribution in [2.24, 2.45) is 5.10 Å². The second-order valence-corrected chi connectivity index (χ2v) is 8.31. The number of amides is 1. The zero-order valence-electron chi connectivity index (χ0n) is 18.9. The van der Waals surface area contributed by atoms with Crippen LogP contribution in [-0.2, 0) is 11.3 Å². The summed E-state index contributed by atoms with van der Waals surface area (Å²) in [6.07, 6.45) is 0.671. The monoisotopic (exact) mass is 427 g/mol. The number of rotatable bonds is 7. The van der Waals surface area contributed by atoms with E-state index in [2.05, 4.69) is 43.3 Å². The molecule has 1 aliphatic heterocycles. The number of ether oxygens (including phenoxy) is 1. The molecule has 0 N–H and O–H groups in total. The molecule has 0 unspecified atom stereocenters. The van der Waals surface area contributed by atoms with Crippen LogP contribution in [0, 0.1) is 6.92 Å². The van der Waals surface area contributed by atoms with Gasteiger partial charge >= 0.3 is 0 Å². The fourth-order valence-electron chi connectivity index (χ4n) is 4.02. The summed E-state index contributed by atoms with van der Waals surface area (Å²) in [7, 11) is 3.62. The number of likely N-dealkylation sites (N-methyl/N-ethyl adjacent to an activating group) is 1. The van der Waals surface area contributed by atoms with Crippen molar-refractivity contribution >= 4 is 11.6 Å². The molecule has 1 heterocycles. The molecule has 0 aliphatic carbocycles. The maximum absolute atomic E-state index is 13.3. The topological polar surface area (TPSA) is 45.1 Å². The van der Waals surface area contributed by atoms with Crippen LogP contribution >= 0.6 is 0 Å². The minimum absolute atomic E-state index is 0.00750. The van der Waals surface area contributed by atoms with E-state index in [0.717, 1.165) is 22.6 Å². The molecular weight excluding hydrogens is 398 g/mol. The van der Waals surface area contributed by atoms with Crippen molar-refractivity contribution in [3.05, 3.63) is 101 Å².